The molecule has 5 aromatic rings. The van der Waals surface area contributed by atoms with Gasteiger partial charge in [-0.1, -0.05) is 0 Å². The second-order valence-corrected chi connectivity index (χ2v) is 8.09. The molecule has 0 saturated heterocycles. The van der Waals surface area contributed by atoms with Gasteiger partial charge in [0.2, 0.25) is 0 Å². The number of pyridine rings is 2. The molecule has 0 spiro atoms. The molecule has 0 aliphatic carbocycles. The average molecular weight is 515 g/mol. The number of methoxy groups -OCH3 is 1. The summed E-state index contributed by atoms with van der Waals surface area (Å²) in [6.45, 7) is 1.58. The van der Waals surface area contributed by atoms with Crippen LogP contribution in [0.1, 0.15) is 16.2 Å². The number of nitrogens with zero attached hydrogens (tertiary/aromatic N) is 4. The van der Waals surface area contributed by atoms with Crippen molar-refractivity contribution in [2.75, 3.05) is 12.4 Å². The van der Waals surface area contributed by atoms with Crippen molar-refractivity contribution < 1.29 is 23.0 Å². The topological polar surface area (TPSA) is 108 Å². The van der Waals surface area contributed by atoms with Gasteiger partial charge in [0.1, 0.15) is 28.5 Å². The summed E-state index contributed by atoms with van der Waals surface area (Å²) in [5, 5.41) is 2.50. The van der Waals surface area contributed by atoms with Crippen LogP contribution < -0.4 is 20.3 Å². The van der Waals surface area contributed by atoms with Gasteiger partial charge in [-0.3, -0.25) is 19.1 Å². The second-order valence-electron chi connectivity index (χ2n) is 8.09. The Bertz CT molecular complexity index is 1740. The van der Waals surface area contributed by atoms with E-state index in [9.17, 15) is 18.4 Å². The van der Waals surface area contributed by atoms with Crippen LogP contribution in [-0.4, -0.2) is 32.5 Å². The molecule has 3 aromatic heterocycles. The Morgan fingerprint density at radius 2 is 1.74 bits per heavy atom. The third-order valence-corrected chi connectivity index (χ3v) is 5.63. The van der Waals surface area contributed by atoms with Gasteiger partial charge in [0, 0.05) is 36.3 Å². The van der Waals surface area contributed by atoms with Crippen LogP contribution in [0.4, 0.5) is 14.5 Å². The van der Waals surface area contributed by atoms with Gasteiger partial charge in [-0.15, -0.1) is 0 Å². The summed E-state index contributed by atoms with van der Waals surface area (Å²) in [5.41, 5.74) is 0.426. The Morgan fingerprint density at radius 1 is 0.947 bits per heavy atom. The van der Waals surface area contributed by atoms with Gasteiger partial charge in [0.05, 0.1) is 24.5 Å². The Balaban J connectivity index is 1.38. The first-order chi connectivity index (χ1) is 18.3. The summed E-state index contributed by atoms with van der Waals surface area (Å²) < 4.78 is 40.3. The van der Waals surface area contributed by atoms with E-state index in [-0.39, 0.29) is 22.7 Å². The smallest absolute Gasteiger partial charge is 0.270 e. The molecular weight excluding hydrogens is 496 g/mol. The fraction of sp³-hybridized carbons (Fsp3) is 0.0741. The number of carbonyl (C=O) groups excluding carboxylic acids is 1. The number of hydrogen-bond donors (Lipinski definition) is 1. The molecule has 9 nitrogen and oxygen atoms in total. The van der Waals surface area contributed by atoms with Crippen LogP contribution in [0.5, 0.6) is 17.2 Å². The molecule has 0 radical (unpaired) electrons. The zero-order valence-electron chi connectivity index (χ0n) is 20.1. The van der Waals surface area contributed by atoms with Crippen LogP contribution in [0.15, 0.2) is 78.0 Å². The maximum atomic E-state index is 14.9. The maximum Gasteiger partial charge on any atom is 0.270 e. The van der Waals surface area contributed by atoms with E-state index in [1.165, 1.54) is 60.5 Å². The van der Waals surface area contributed by atoms with Gasteiger partial charge < -0.3 is 14.8 Å². The SMILES string of the molecule is COc1cnc2c(Oc3ccc(NC(=O)c4cnc(C)n(-c5ccc(F)cc5)c4=O)cc3F)ccnc2c1. The number of benzene rings is 2. The highest BCUT2D eigenvalue weighted by Crippen LogP contribution is 2.31. The molecule has 0 unspecified atom stereocenters. The highest BCUT2D eigenvalue weighted by Gasteiger charge is 2.18. The third-order valence-electron chi connectivity index (χ3n) is 5.63. The number of anilines is 1. The number of aromatic nitrogens is 4. The van der Waals surface area contributed by atoms with Crippen molar-refractivity contribution in [2.24, 2.45) is 0 Å². The monoisotopic (exact) mass is 515 g/mol. The average Bonchev–Trinajstić information content (AvgIpc) is 2.91. The molecule has 2 aromatic carbocycles. The molecule has 0 bridgehead atoms. The van der Waals surface area contributed by atoms with E-state index in [0.29, 0.717) is 28.3 Å². The summed E-state index contributed by atoms with van der Waals surface area (Å²) in [5.74, 6) is -1.02. The van der Waals surface area contributed by atoms with E-state index in [1.807, 2.05) is 0 Å². The highest BCUT2D eigenvalue weighted by molar-refractivity contribution is 6.03. The summed E-state index contributed by atoms with van der Waals surface area (Å²) in [6, 6.07) is 12.2. The Hall–Kier alpha value is -5.19. The number of fused-ring (bicyclic) bond motifs is 1. The van der Waals surface area contributed by atoms with E-state index in [2.05, 4.69) is 20.3 Å². The van der Waals surface area contributed by atoms with Crippen molar-refractivity contribution >= 4 is 22.6 Å². The van der Waals surface area contributed by atoms with Crippen LogP contribution in [0.25, 0.3) is 16.7 Å². The summed E-state index contributed by atoms with van der Waals surface area (Å²) in [6.07, 6.45) is 4.13. The zero-order valence-corrected chi connectivity index (χ0v) is 20.1. The van der Waals surface area contributed by atoms with Crippen LogP contribution in [-0.2, 0) is 0 Å². The summed E-state index contributed by atoms with van der Waals surface area (Å²) in [4.78, 5) is 38.5. The van der Waals surface area contributed by atoms with Crippen molar-refractivity contribution in [3.8, 4) is 22.9 Å². The number of nitrogens with one attached hydrogen (secondary N) is 1. The first-order valence-electron chi connectivity index (χ1n) is 11.3. The number of halogens is 2. The number of hydrogen-bond acceptors (Lipinski definition) is 7. The minimum Gasteiger partial charge on any atom is -0.495 e. The molecule has 190 valence electrons. The van der Waals surface area contributed by atoms with Gasteiger partial charge in [-0.05, 0) is 43.3 Å². The lowest BCUT2D eigenvalue weighted by Gasteiger charge is -2.12. The van der Waals surface area contributed by atoms with Crippen molar-refractivity contribution in [1.82, 2.24) is 19.5 Å². The molecule has 0 saturated carbocycles. The first kappa shape index (κ1) is 24.5. The standard InChI is InChI=1S/C27H19F2N5O4/c1-15-31-14-20(27(36)34(15)18-6-3-16(28)4-7-18)26(35)33-17-5-8-23(21(29)11-17)38-24-9-10-30-22-12-19(37-2)13-32-25(22)24/h3-14H,1-2H3,(H,33,35). The van der Waals surface area contributed by atoms with E-state index in [1.54, 1.807) is 19.1 Å². The van der Waals surface area contributed by atoms with Crippen molar-refractivity contribution in [1.29, 1.82) is 0 Å². The molecule has 3 heterocycles. The van der Waals surface area contributed by atoms with Gasteiger partial charge in [0.25, 0.3) is 11.5 Å². The number of amides is 1. The Kier molecular flexibility index (Phi) is 6.48. The molecule has 0 aliphatic rings. The highest BCUT2D eigenvalue weighted by atomic mass is 19.1. The van der Waals surface area contributed by atoms with Crippen molar-refractivity contribution in [3.05, 3.63) is 107 Å². The van der Waals surface area contributed by atoms with E-state index in [0.717, 1.165) is 12.3 Å². The molecule has 0 atom stereocenters. The van der Waals surface area contributed by atoms with Gasteiger partial charge >= 0.3 is 0 Å². The normalized spacial score (nSPS) is 10.8. The van der Waals surface area contributed by atoms with Gasteiger partial charge in [0.15, 0.2) is 17.3 Å². The minimum atomic E-state index is -0.787. The predicted octanol–water partition coefficient (Wildman–Crippen LogP) is 4.82. The number of aryl methyl sites for hydroxylation is 1. The molecule has 11 heteroatoms. The molecule has 5 rings (SSSR count). The summed E-state index contributed by atoms with van der Waals surface area (Å²) >= 11 is 0. The van der Waals surface area contributed by atoms with Crippen molar-refractivity contribution in [2.45, 2.75) is 6.92 Å². The summed E-state index contributed by atoms with van der Waals surface area (Å²) in [7, 11) is 1.51. The van der Waals surface area contributed by atoms with E-state index in [4.69, 9.17) is 9.47 Å². The largest absolute Gasteiger partial charge is 0.495 e. The molecule has 1 N–H and O–H groups in total. The van der Waals surface area contributed by atoms with Gasteiger partial charge in [-0.25, -0.2) is 18.7 Å². The molecule has 0 aliphatic heterocycles. The minimum absolute atomic E-state index is 0.0932. The Labute approximate surface area is 214 Å². The van der Waals surface area contributed by atoms with E-state index >= 15 is 0 Å². The molecular formula is C27H19F2N5O4. The first-order valence-corrected chi connectivity index (χ1v) is 11.3. The van der Waals surface area contributed by atoms with Crippen LogP contribution >= 0.6 is 0 Å². The number of rotatable bonds is 6. The maximum absolute atomic E-state index is 14.9. The molecule has 0 fully saturated rings. The fourth-order valence-electron chi connectivity index (χ4n) is 3.75. The van der Waals surface area contributed by atoms with Crippen LogP contribution in [0.2, 0.25) is 0 Å². The number of carbonyl (C=O) groups is 1. The van der Waals surface area contributed by atoms with Crippen LogP contribution in [0, 0.1) is 18.6 Å². The quantitative estimate of drug-likeness (QED) is 0.346. The van der Waals surface area contributed by atoms with Gasteiger partial charge in [-0.2, -0.15) is 0 Å². The van der Waals surface area contributed by atoms with Crippen molar-refractivity contribution in [3.63, 3.8) is 0 Å². The second kappa shape index (κ2) is 10.1. The lowest BCUT2D eigenvalue weighted by Crippen LogP contribution is -2.30. The lowest BCUT2D eigenvalue weighted by atomic mass is 10.2. The zero-order chi connectivity index (χ0) is 26.8. The predicted molar refractivity (Wildman–Crippen MR) is 135 cm³/mol. The fourth-order valence-corrected chi connectivity index (χ4v) is 3.75. The van der Waals surface area contributed by atoms with E-state index < -0.39 is 23.1 Å². The van der Waals surface area contributed by atoms with Crippen LogP contribution in [0.3, 0.4) is 0 Å². The molecule has 38 heavy (non-hydrogen) atoms. The Morgan fingerprint density at radius 3 is 2.47 bits per heavy atom. The number of ether oxygens (including phenoxy) is 2. The lowest BCUT2D eigenvalue weighted by molar-refractivity contribution is 0.102. The third kappa shape index (κ3) is 4.76. The molecule has 1 amide bonds.